The highest BCUT2D eigenvalue weighted by atomic mass is 32.1. The summed E-state index contributed by atoms with van der Waals surface area (Å²) < 4.78 is 0. The number of piperidine rings is 1. The molecule has 1 aliphatic heterocycles. The zero-order valence-corrected chi connectivity index (χ0v) is 18.0. The van der Waals surface area contributed by atoms with Crippen molar-refractivity contribution in [2.75, 3.05) is 31.6 Å². The number of nitrogens with zero attached hydrogens (tertiary/aromatic N) is 4. The van der Waals surface area contributed by atoms with Crippen molar-refractivity contribution in [2.45, 2.75) is 19.4 Å². The number of benzene rings is 1. The molecule has 1 amide bonds. The van der Waals surface area contributed by atoms with Crippen LogP contribution in [0.1, 0.15) is 28.9 Å². The van der Waals surface area contributed by atoms with E-state index < -0.39 is 0 Å². The van der Waals surface area contributed by atoms with Crippen LogP contribution in [0, 0.1) is 5.92 Å². The maximum atomic E-state index is 12.6. The minimum atomic E-state index is -0.0924. The van der Waals surface area contributed by atoms with Crippen molar-refractivity contribution in [1.29, 1.82) is 0 Å². The lowest BCUT2D eigenvalue weighted by atomic mass is 9.97. The lowest BCUT2D eigenvalue weighted by molar-refractivity contribution is 0.0926. The third-order valence-corrected chi connectivity index (χ3v) is 6.38. The molecule has 0 bridgehead atoms. The van der Waals surface area contributed by atoms with Gasteiger partial charge in [-0.15, -0.1) is 11.3 Å². The Morgan fingerprint density at radius 2 is 2.03 bits per heavy atom. The number of hydrogen-bond acceptors (Lipinski definition) is 6. The van der Waals surface area contributed by atoms with Crippen LogP contribution in [0.2, 0.25) is 0 Å². The SMILES string of the molecule is CN(c1ccccc1)c1nc(C(=O)NC[C@@H]2CCCN(Cc3ccncc3)C2)cs1. The first-order valence-electron chi connectivity index (χ1n) is 10.3. The Morgan fingerprint density at radius 1 is 1.23 bits per heavy atom. The predicted molar refractivity (Wildman–Crippen MR) is 121 cm³/mol. The van der Waals surface area contributed by atoms with Gasteiger partial charge in [0.2, 0.25) is 0 Å². The van der Waals surface area contributed by atoms with Crippen LogP contribution in [0.4, 0.5) is 10.8 Å². The number of carbonyl (C=O) groups is 1. The van der Waals surface area contributed by atoms with E-state index in [-0.39, 0.29) is 5.91 Å². The number of para-hydroxylation sites is 1. The number of carbonyl (C=O) groups excluding carboxylic acids is 1. The van der Waals surface area contributed by atoms with Crippen LogP contribution in [0.5, 0.6) is 0 Å². The molecule has 0 saturated carbocycles. The normalized spacial score (nSPS) is 16.9. The molecule has 1 fully saturated rings. The number of thiazole rings is 1. The lowest BCUT2D eigenvalue weighted by Gasteiger charge is -2.32. The van der Waals surface area contributed by atoms with E-state index in [2.05, 4.69) is 32.3 Å². The second kappa shape index (κ2) is 9.82. The van der Waals surface area contributed by atoms with E-state index in [0.29, 0.717) is 18.2 Å². The third kappa shape index (κ3) is 5.23. The molecule has 7 heteroatoms. The Hall–Kier alpha value is -2.77. The van der Waals surface area contributed by atoms with Crippen LogP contribution in [0.25, 0.3) is 0 Å². The predicted octanol–water partition coefficient (Wildman–Crippen LogP) is 3.95. The second-order valence-electron chi connectivity index (χ2n) is 7.72. The molecule has 2 aromatic heterocycles. The largest absolute Gasteiger partial charge is 0.350 e. The molecule has 1 atom stereocenters. The van der Waals surface area contributed by atoms with Gasteiger partial charge in [0, 0.05) is 50.1 Å². The molecule has 1 aliphatic rings. The van der Waals surface area contributed by atoms with Gasteiger partial charge in [0.15, 0.2) is 5.13 Å². The zero-order valence-electron chi connectivity index (χ0n) is 17.2. The smallest absolute Gasteiger partial charge is 0.270 e. The summed E-state index contributed by atoms with van der Waals surface area (Å²) in [5, 5.41) is 5.74. The number of anilines is 2. The third-order valence-electron chi connectivity index (χ3n) is 5.47. The van der Waals surface area contributed by atoms with Crippen molar-refractivity contribution >= 4 is 28.1 Å². The number of aromatic nitrogens is 2. The standard InChI is InChI=1S/C23H27N5OS/c1-27(20-7-3-2-4-8-20)23-26-21(17-30-23)22(29)25-14-19-6-5-13-28(16-19)15-18-9-11-24-12-10-18/h2-4,7-12,17,19H,5-6,13-16H2,1H3,(H,25,29)/t19-/m0/s1. The Balaban J connectivity index is 1.29. The van der Waals surface area contributed by atoms with Crippen molar-refractivity contribution in [3.8, 4) is 0 Å². The minimum absolute atomic E-state index is 0.0924. The summed E-state index contributed by atoms with van der Waals surface area (Å²) in [5.74, 6) is 0.375. The lowest BCUT2D eigenvalue weighted by Crippen LogP contribution is -2.40. The van der Waals surface area contributed by atoms with Gasteiger partial charge in [-0.05, 0) is 55.1 Å². The van der Waals surface area contributed by atoms with Gasteiger partial charge in [-0.25, -0.2) is 4.98 Å². The molecule has 0 unspecified atom stereocenters. The molecule has 1 N–H and O–H groups in total. The van der Waals surface area contributed by atoms with Crippen molar-refractivity contribution < 1.29 is 4.79 Å². The second-order valence-corrected chi connectivity index (χ2v) is 8.56. The topological polar surface area (TPSA) is 61.4 Å². The fourth-order valence-corrected chi connectivity index (χ4v) is 4.61. The van der Waals surface area contributed by atoms with E-state index in [1.54, 1.807) is 0 Å². The van der Waals surface area contributed by atoms with Crippen LogP contribution in [0.3, 0.4) is 0 Å². The van der Waals surface area contributed by atoms with Crippen LogP contribution in [0.15, 0.2) is 60.2 Å². The molecule has 0 spiro atoms. The van der Waals surface area contributed by atoms with Crippen LogP contribution in [-0.2, 0) is 6.54 Å². The first-order chi connectivity index (χ1) is 14.7. The summed E-state index contributed by atoms with van der Waals surface area (Å²) in [6.45, 7) is 3.73. The maximum absolute atomic E-state index is 12.6. The van der Waals surface area contributed by atoms with E-state index in [1.807, 2.05) is 60.1 Å². The van der Waals surface area contributed by atoms with E-state index in [1.165, 1.54) is 16.9 Å². The fraction of sp³-hybridized carbons (Fsp3) is 0.348. The van der Waals surface area contributed by atoms with Crippen molar-refractivity contribution in [3.05, 3.63) is 71.5 Å². The Kier molecular flexibility index (Phi) is 6.71. The number of nitrogens with one attached hydrogen (secondary N) is 1. The van der Waals surface area contributed by atoms with E-state index in [4.69, 9.17) is 0 Å². The summed E-state index contributed by atoms with van der Waals surface area (Å²) in [6, 6.07) is 14.2. The summed E-state index contributed by atoms with van der Waals surface area (Å²) in [6.07, 6.45) is 5.99. The van der Waals surface area contributed by atoms with Crippen molar-refractivity contribution in [1.82, 2.24) is 20.2 Å². The van der Waals surface area contributed by atoms with Gasteiger partial charge in [0.05, 0.1) is 0 Å². The molecule has 0 aliphatic carbocycles. The molecule has 156 valence electrons. The zero-order chi connectivity index (χ0) is 20.8. The van der Waals surface area contributed by atoms with Gasteiger partial charge in [-0.3, -0.25) is 14.7 Å². The fourth-order valence-electron chi connectivity index (χ4n) is 3.82. The van der Waals surface area contributed by atoms with Crippen molar-refractivity contribution in [3.63, 3.8) is 0 Å². The molecule has 4 rings (SSSR count). The Morgan fingerprint density at radius 3 is 2.83 bits per heavy atom. The summed E-state index contributed by atoms with van der Waals surface area (Å²) in [4.78, 5) is 25.7. The van der Waals surface area contributed by atoms with Gasteiger partial charge in [-0.1, -0.05) is 18.2 Å². The van der Waals surface area contributed by atoms with Gasteiger partial charge >= 0.3 is 0 Å². The molecular formula is C23H27N5OS. The highest BCUT2D eigenvalue weighted by Gasteiger charge is 2.21. The van der Waals surface area contributed by atoms with Gasteiger partial charge in [-0.2, -0.15) is 0 Å². The first kappa shape index (κ1) is 20.5. The highest BCUT2D eigenvalue weighted by Crippen LogP contribution is 2.26. The Labute approximate surface area is 181 Å². The van der Waals surface area contributed by atoms with Crippen molar-refractivity contribution in [2.24, 2.45) is 5.92 Å². The van der Waals surface area contributed by atoms with Crippen LogP contribution < -0.4 is 10.2 Å². The molecular weight excluding hydrogens is 394 g/mol. The molecule has 30 heavy (non-hydrogen) atoms. The van der Waals surface area contributed by atoms with Gasteiger partial charge in [0.25, 0.3) is 5.91 Å². The molecule has 3 aromatic rings. The average molecular weight is 422 g/mol. The van der Waals surface area contributed by atoms with Gasteiger partial charge in [0.1, 0.15) is 5.69 Å². The summed E-state index contributed by atoms with van der Waals surface area (Å²) in [5.41, 5.74) is 2.82. The molecule has 0 radical (unpaired) electrons. The Bertz CT molecular complexity index is 946. The molecule has 6 nitrogen and oxygen atoms in total. The maximum Gasteiger partial charge on any atom is 0.270 e. The summed E-state index contributed by atoms with van der Waals surface area (Å²) in [7, 11) is 1.97. The first-order valence-corrected chi connectivity index (χ1v) is 11.2. The molecule has 1 saturated heterocycles. The quantitative estimate of drug-likeness (QED) is 0.626. The van der Waals surface area contributed by atoms with Crippen LogP contribution in [-0.4, -0.2) is 47.5 Å². The number of hydrogen-bond donors (Lipinski definition) is 1. The molecule has 3 heterocycles. The number of likely N-dealkylation sites (tertiary alicyclic amines) is 1. The van der Waals surface area contributed by atoms with E-state index in [9.17, 15) is 4.79 Å². The van der Waals surface area contributed by atoms with E-state index in [0.717, 1.165) is 43.3 Å². The monoisotopic (exact) mass is 421 g/mol. The molecule has 1 aromatic carbocycles. The number of amides is 1. The van der Waals surface area contributed by atoms with E-state index >= 15 is 0 Å². The minimum Gasteiger partial charge on any atom is -0.350 e. The highest BCUT2D eigenvalue weighted by molar-refractivity contribution is 7.14. The number of pyridine rings is 1. The summed E-state index contributed by atoms with van der Waals surface area (Å²) >= 11 is 1.48. The van der Waals surface area contributed by atoms with Crippen LogP contribution >= 0.6 is 11.3 Å². The number of rotatable bonds is 7. The average Bonchev–Trinajstić information content (AvgIpc) is 3.29. The van der Waals surface area contributed by atoms with Gasteiger partial charge < -0.3 is 10.2 Å².